The van der Waals surface area contributed by atoms with Gasteiger partial charge < -0.3 is 11.1 Å². The van der Waals surface area contributed by atoms with E-state index in [0.29, 0.717) is 36.7 Å². The largest absolute Gasteiger partial charge is 0.401 e. The Balaban J connectivity index is 1.61. The summed E-state index contributed by atoms with van der Waals surface area (Å²) in [4.78, 5) is 24.8. The molecule has 1 aliphatic rings. The van der Waals surface area contributed by atoms with Gasteiger partial charge in [0.25, 0.3) is 5.91 Å². The van der Waals surface area contributed by atoms with Crippen LogP contribution in [0.2, 0.25) is 0 Å². The monoisotopic (exact) mass is 422 g/mol. The molecule has 0 unspecified atom stereocenters. The quantitative estimate of drug-likeness (QED) is 0.651. The average Bonchev–Trinajstić information content (AvgIpc) is 3.36. The first-order valence-electron chi connectivity index (χ1n) is 9.50. The molecule has 3 N–H and O–H groups in total. The minimum Gasteiger partial charge on any atom is -0.364 e. The van der Waals surface area contributed by atoms with E-state index in [-0.39, 0.29) is 17.7 Å². The Morgan fingerprint density at radius 1 is 1.33 bits per heavy atom. The Kier molecular flexibility index (Phi) is 4.96. The lowest BCUT2D eigenvalue weighted by atomic mass is 9.80. The van der Waals surface area contributed by atoms with Gasteiger partial charge in [0, 0.05) is 17.9 Å². The van der Waals surface area contributed by atoms with Crippen molar-refractivity contribution in [2.45, 2.75) is 50.4 Å². The van der Waals surface area contributed by atoms with Crippen LogP contribution in [0.1, 0.15) is 49.1 Å². The standard InChI is InChI=1S/C18H21F3N8O/c1-17(24-9-18(19,20)21)4-2-11(3-5-17)29-14-12(8-25-29)26-16(27-13(14)15(22)30)28-7-6-23-10-28/h6-8,10-11,24H,2-5,9H2,1H3,(H2,22,30). The van der Waals surface area contributed by atoms with Gasteiger partial charge in [0.1, 0.15) is 17.4 Å². The number of nitrogens with two attached hydrogens (primary N) is 1. The van der Waals surface area contributed by atoms with Crippen LogP contribution >= 0.6 is 0 Å². The van der Waals surface area contributed by atoms with Gasteiger partial charge in [-0.15, -0.1) is 0 Å². The number of fused-ring (bicyclic) bond motifs is 1. The van der Waals surface area contributed by atoms with Crippen molar-refractivity contribution >= 4 is 16.9 Å². The normalized spacial score (nSPS) is 22.5. The number of aromatic nitrogens is 6. The topological polar surface area (TPSA) is 117 Å². The highest BCUT2D eigenvalue weighted by Gasteiger charge is 2.36. The number of amides is 1. The lowest BCUT2D eigenvalue weighted by Crippen LogP contribution is -2.49. The second-order valence-corrected chi connectivity index (χ2v) is 7.79. The lowest BCUT2D eigenvalue weighted by molar-refractivity contribution is -0.129. The average molecular weight is 422 g/mol. The molecule has 0 saturated heterocycles. The van der Waals surface area contributed by atoms with E-state index in [0.717, 1.165) is 0 Å². The van der Waals surface area contributed by atoms with Crippen LogP contribution in [0.3, 0.4) is 0 Å². The molecule has 12 heteroatoms. The summed E-state index contributed by atoms with van der Waals surface area (Å²) in [6.45, 7) is 0.779. The highest BCUT2D eigenvalue weighted by atomic mass is 19.4. The number of imidazole rings is 1. The number of alkyl halides is 3. The van der Waals surface area contributed by atoms with E-state index in [1.807, 2.05) is 0 Å². The van der Waals surface area contributed by atoms with E-state index < -0.39 is 24.2 Å². The minimum atomic E-state index is -4.25. The summed E-state index contributed by atoms with van der Waals surface area (Å²) in [5.74, 6) is -0.459. The van der Waals surface area contributed by atoms with Crippen molar-refractivity contribution in [3.05, 3.63) is 30.6 Å². The summed E-state index contributed by atoms with van der Waals surface area (Å²) in [6, 6.07) is -0.0935. The van der Waals surface area contributed by atoms with Gasteiger partial charge in [0.2, 0.25) is 5.95 Å². The Morgan fingerprint density at radius 2 is 2.07 bits per heavy atom. The first kappa shape index (κ1) is 20.3. The van der Waals surface area contributed by atoms with E-state index >= 15 is 0 Å². The van der Waals surface area contributed by atoms with E-state index in [1.54, 1.807) is 34.8 Å². The molecule has 1 amide bonds. The van der Waals surface area contributed by atoms with Gasteiger partial charge in [-0.2, -0.15) is 18.3 Å². The Morgan fingerprint density at radius 3 is 2.67 bits per heavy atom. The summed E-state index contributed by atoms with van der Waals surface area (Å²) in [6.07, 6.45) is 4.27. The molecule has 4 rings (SSSR count). The number of halogens is 3. The molecule has 30 heavy (non-hydrogen) atoms. The molecule has 0 radical (unpaired) electrons. The van der Waals surface area contributed by atoms with Crippen LogP contribution < -0.4 is 11.1 Å². The molecule has 1 aliphatic carbocycles. The summed E-state index contributed by atoms with van der Waals surface area (Å²) < 4.78 is 40.9. The van der Waals surface area contributed by atoms with Crippen LogP contribution in [0.4, 0.5) is 13.2 Å². The van der Waals surface area contributed by atoms with Gasteiger partial charge in [-0.3, -0.25) is 14.0 Å². The van der Waals surface area contributed by atoms with Crippen LogP contribution in [0, 0.1) is 0 Å². The maximum atomic E-state index is 12.6. The van der Waals surface area contributed by atoms with Crippen molar-refractivity contribution < 1.29 is 18.0 Å². The molecule has 1 fully saturated rings. The van der Waals surface area contributed by atoms with E-state index in [4.69, 9.17) is 5.73 Å². The fourth-order valence-electron chi connectivity index (χ4n) is 3.87. The summed E-state index contributed by atoms with van der Waals surface area (Å²) in [5.41, 5.74) is 5.91. The molecular formula is C18H21F3N8O. The smallest absolute Gasteiger partial charge is 0.364 e. The highest BCUT2D eigenvalue weighted by Crippen LogP contribution is 2.36. The Bertz CT molecular complexity index is 1050. The third kappa shape index (κ3) is 3.99. The fourth-order valence-corrected chi connectivity index (χ4v) is 3.87. The molecule has 0 bridgehead atoms. The second-order valence-electron chi connectivity index (χ2n) is 7.79. The van der Waals surface area contributed by atoms with Gasteiger partial charge >= 0.3 is 6.18 Å². The van der Waals surface area contributed by atoms with Gasteiger partial charge in [-0.25, -0.2) is 15.0 Å². The zero-order valence-electron chi connectivity index (χ0n) is 16.2. The molecule has 3 heterocycles. The molecule has 0 atom stereocenters. The number of hydrogen-bond acceptors (Lipinski definition) is 6. The molecule has 160 valence electrons. The van der Waals surface area contributed by atoms with Crippen molar-refractivity contribution in [2.24, 2.45) is 5.73 Å². The molecule has 0 spiro atoms. The molecule has 0 aliphatic heterocycles. The number of nitrogens with zero attached hydrogens (tertiary/aromatic N) is 6. The number of primary amides is 1. The number of nitrogens with one attached hydrogen (secondary N) is 1. The van der Waals surface area contributed by atoms with Gasteiger partial charge in [-0.05, 0) is 32.6 Å². The third-order valence-electron chi connectivity index (χ3n) is 5.52. The van der Waals surface area contributed by atoms with E-state index in [1.165, 1.54) is 6.33 Å². The maximum Gasteiger partial charge on any atom is 0.401 e. The molecule has 3 aromatic heterocycles. The molecule has 0 aromatic carbocycles. The fraction of sp³-hybridized carbons (Fsp3) is 0.500. The van der Waals surface area contributed by atoms with Crippen LogP contribution in [0.15, 0.2) is 24.9 Å². The number of carbonyl (C=O) groups is 1. The van der Waals surface area contributed by atoms with Crippen LogP contribution in [0.25, 0.3) is 17.0 Å². The second kappa shape index (κ2) is 7.35. The third-order valence-corrected chi connectivity index (χ3v) is 5.52. The van der Waals surface area contributed by atoms with Crippen molar-refractivity contribution in [1.82, 2.24) is 34.6 Å². The Hall–Kier alpha value is -3.02. The predicted octanol–water partition coefficient (Wildman–Crippen LogP) is 2.14. The first-order chi connectivity index (χ1) is 14.2. The van der Waals surface area contributed by atoms with Crippen molar-refractivity contribution in [2.75, 3.05) is 6.54 Å². The van der Waals surface area contributed by atoms with Crippen molar-refractivity contribution in [3.63, 3.8) is 0 Å². The van der Waals surface area contributed by atoms with Gasteiger partial charge in [0.15, 0.2) is 5.69 Å². The van der Waals surface area contributed by atoms with Crippen LogP contribution in [-0.4, -0.2) is 53.5 Å². The molecule has 9 nitrogen and oxygen atoms in total. The van der Waals surface area contributed by atoms with Crippen LogP contribution in [0.5, 0.6) is 0 Å². The first-order valence-corrected chi connectivity index (χ1v) is 9.50. The lowest BCUT2D eigenvalue weighted by Gasteiger charge is -2.38. The number of hydrogen-bond donors (Lipinski definition) is 2. The maximum absolute atomic E-state index is 12.6. The van der Waals surface area contributed by atoms with E-state index in [2.05, 4.69) is 25.4 Å². The number of rotatable bonds is 5. The molecule has 3 aromatic rings. The van der Waals surface area contributed by atoms with Gasteiger partial charge in [-0.1, -0.05) is 0 Å². The minimum absolute atomic E-state index is 0.0460. The molecule has 1 saturated carbocycles. The summed E-state index contributed by atoms with van der Waals surface area (Å²) in [5, 5.41) is 7.03. The number of carbonyl (C=O) groups excluding carboxylic acids is 1. The summed E-state index contributed by atoms with van der Waals surface area (Å²) >= 11 is 0. The Labute approximate surface area is 169 Å². The van der Waals surface area contributed by atoms with Crippen molar-refractivity contribution in [3.8, 4) is 5.95 Å². The predicted molar refractivity (Wildman–Crippen MR) is 101 cm³/mol. The zero-order chi connectivity index (χ0) is 21.5. The zero-order valence-corrected chi connectivity index (χ0v) is 16.2. The van der Waals surface area contributed by atoms with E-state index in [9.17, 15) is 18.0 Å². The molecular weight excluding hydrogens is 401 g/mol. The van der Waals surface area contributed by atoms with Crippen molar-refractivity contribution in [1.29, 1.82) is 0 Å². The van der Waals surface area contributed by atoms with Gasteiger partial charge in [0.05, 0.1) is 18.8 Å². The SMILES string of the molecule is CC1(NCC(F)(F)F)CCC(n2ncc3nc(-n4ccnc4)nc(C(N)=O)c32)CC1. The summed E-state index contributed by atoms with van der Waals surface area (Å²) in [7, 11) is 0. The highest BCUT2D eigenvalue weighted by molar-refractivity contribution is 6.02. The van der Waals surface area contributed by atoms with Crippen LogP contribution in [-0.2, 0) is 0 Å².